The molecule has 0 saturated heterocycles. The predicted octanol–water partition coefficient (Wildman–Crippen LogP) is 12.2. The third kappa shape index (κ3) is 5.59. The second-order valence-electron chi connectivity index (χ2n) is 12.3. The van der Waals surface area contributed by atoms with Gasteiger partial charge in [-0.15, -0.1) is 0 Å². The highest BCUT2D eigenvalue weighted by atomic mass is 14.9. The van der Waals surface area contributed by atoms with Gasteiger partial charge in [-0.1, -0.05) is 158 Å². The Morgan fingerprint density at radius 3 is 1.94 bits per heavy atom. The molecule has 2 nitrogen and oxygen atoms in total. The number of hydrogen-bond donors (Lipinski definition) is 0. The number of allylic oxidation sites excluding steroid dienone is 1. The van der Waals surface area contributed by atoms with Gasteiger partial charge in [0.2, 0.25) is 0 Å². The molecule has 0 spiro atoms. The summed E-state index contributed by atoms with van der Waals surface area (Å²) >= 11 is 0. The van der Waals surface area contributed by atoms with Crippen LogP contribution in [0.1, 0.15) is 46.7 Å². The van der Waals surface area contributed by atoms with Crippen LogP contribution in [0.25, 0.3) is 32.7 Å². The Balaban J connectivity index is 1.39. The Hall–Kier alpha value is -6.12. The van der Waals surface area contributed by atoms with Crippen LogP contribution < -0.4 is 0 Å². The smallest absolute Gasteiger partial charge is 0.0974 e. The minimum atomic E-state index is 0.693. The molecule has 1 heterocycles. The zero-order valence-corrected chi connectivity index (χ0v) is 26.9. The lowest BCUT2D eigenvalue weighted by atomic mass is 9.90. The number of hydrogen-bond acceptors (Lipinski definition) is 2. The molecule has 0 unspecified atom stereocenters. The number of benzene rings is 7. The molecule has 7 aromatic carbocycles. The van der Waals surface area contributed by atoms with Crippen LogP contribution in [0.5, 0.6) is 0 Å². The monoisotopic (exact) mass is 614 g/mol. The zero-order chi connectivity index (χ0) is 32.5. The molecule has 0 aliphatic carbocycles. The third-order valence-corrected chi connectivity index (χ3v) is 9.25. The predicted molar refractivity (Wildman–Crippen MR) is 205 cm³/mol. The van der Waals surface area contributed by atoms with E-state index in [9.17, 15) is 0 Å². The van der Waals surface area contributed by atoms with E-state index in [4.69, 9.17) is 9.98 Å². The van der Waals surface area contributed by atoms with Gasteiger partial charge >= 0.3 is 0 Å². The molecule has 228 valence electrons. The Bertz CT molecular complexity index is 2430. The van der Waals surface area contributed by atoms with Crippen LogP contribution in [-0.2, 0) is 0 Å². The number of nitrogens with zero attached hydrogens (tertiary/aromatic N) is 2. The summed E-state index contributed by atoms with van der Waals surface area (Å²) in [7, 11) is 0. The molecule has 1 aliphatic heterocycles. The molecule has 7 aromatic rings. The van der Waals surface area contributed by atoms with Crippen molar-refractivity contribution in [1.29, 1.82) is 0 Å². The molecule has 48 heavy (non-hydrogen) atoms. The number of rotatable bonds is 6. The number of aliphatic imine (C=N–C) groups is 2. The standard InChI is InChI=1S/C46H34N2/c1-31(33-13-5-3-6-14-33)41-25-26-43-42(36-17-7-4-8-18-36)27-28-44(40-24-22-35-16-10-12-20-39(35)30-40)48-46(43)45(41)47-32(2)37-23-21-34-15-9-11-19-38(34)29-37/h3-27,29-30H,1,28H2,2H3. The highest BCUT2D eigenvalue weighted by Crippen LogP contribution is 2.46. The van der Waals surface area contributed by atoms with E-state index in [0.717, 1.165) is 67.3 Å². The normalized spacial score (nSPS) is 13.1. The average molecular weight is 615 g/mol. The van der Waals surface area contributed by atoms with Gasteiger partial charge in [0, 0.05) is 23.3 Å². The Morgan fingerprint density at radius 1 is 0.583 bits per heavy atom. The second-order valence-corrected chi connectivity index (χ2v) is 12.3. The lowest BCUT2D eigenvalue weighted by molar-refractivity contribution is 1.37. The van der Waals surface area contributed by atoms with Crippen LogP contribution in [-0.4, -0.2) is 11.4 Å². The molecule has 0 N–H and O–H groups in total. The summed E-state index contributed by atoms with van der Waals surface area (Å²) in [6, 6.07) is 55.5. The first kappa shape index (κ1) is 29.3. The summed E-state index contributed by atoms with van der Waals surface area (Å²) in [4.78, 5) is 11.0. The van der Waals surface area contributed by atoms with Crippen LogP contribution in [0, 0.1) is 0 Å². The van der Waals surface area contributed by atoms with E-state index < -0.39 is 0 Å². The summed E-state index contributed by atoms with van der Waals surface area (Å²) in [5.74, 6) is 0. The SMILES string of the molecule is C=C(c1ccccc1)c1ccc2c(c1N=C(C)c1ccc3ccccc3c1)N=C(c1ccc3ccccc3c1)CC=C2c1ccccc1. The van der Waals surface area contributed by atoms with Gasteiger partial charge in [0.05, 0.1) is 17.1 Å². The molecule has 8 rings (SSSR count). The lowest BCUT2D eigenvalue weighted by Crippen LogP contribution is -1.99. The minimum Gasteiger partial charge on any atom is -0.250 e. The topological polar surface area (TPSA) is 24.7 Å². The number of fused-ring (bicyclic) bond motifs is 3. The van der Waals surface area contributed by atoms with Gasteiger partial charge in [0.25, 0.3) is 0 Å². The van der Waals surface area contributed by atoms with Crippen molar-refractivity contribution in [3.63, 3.8) is 0 Å². The lowest BCUT2D eigenvalue weighted by Gasteiger charge is -2.18. The Labute approximate surface area is 281 Å². The summed E-state index contributed by atoms with van der Waals surface area (Å²) in [6.07, 6.45) is 3.02. The van der Waals surface area contributed by atoms with Gasteiger partial charge in [-0.3, -0.25) is 4.99 Å². The molecular formula is C46H34N2. The molecule has 0 radical (unpaired) electrons. The summed E-state index contributed by atoms with van der Waals surface area (Å²) in [6.45, 7) is 6.70. The van der Waals surface area contributed by atoms with Crippen LogP contribution in [0.3, 0.4) is 0 Å². The van der Waals surface area contributed by atoms with Crippen LogP contribution in [0.2, 0.25) is 0 Å². The van der Waals surface area contributed by atoms with Gasteiger partial charge in [0.15, 0.2) is 0 Å². The first-order valence-corrected chi connectivity index (χ1v) is 16.4. The summed E-state index contributed by atoms with van der Waals surface area (Å²) in [5.41, 5.74) is 12.1. The molecule has 0 aromatic heterocycles. The fourth-order valence-electron chi connectivity index (χ4n) is 6.64. The quantitative estimate of drug-likeness (QED) is 0.167. The van der Waals surface area contributed by atoms with Gasteiger partial charge in [-0.05, 0) is 74.0 Å². The molecule has 1 aliphatic rings. The van der Waals surface area contributed by atoms with Crippen LogP contribution >= 0.6 is 0 Å². The van der Waals surface area contributed by atoms with E-state index in [2.05, 4.69) is 171 Å². The molecule has 0 bridgehead atoms. The van der Waals surface area contributed by atoms with Crippen molar-refractivity contribution in [3.05, 3.63) is 204 Å². The highest BCUT2D eigenvalue weighted by Gasteiger charge is 2.23. The van der Waals surface area contributed by atoms with Gasteiger partial charge in [-0.2, -0.15) is 0 Å². The Morgan fingerprint density at radius 2 is 1.21 bits per heavy atom. The maximum absolute atomic E-state index is 5.54. The molecular weight excluding hydrogens is 581 g/mol. The fraction of sp³-hybridized carbons (Fsp3) is 0.0435. The van der Waals surface area contributed by atoms with E-state index in [1.54, 1.807) is 0 Å². The van der Waals surface area contributed by atoms with Gasteiger partial charge in [-0.25, -0.2) is 4.99 Å². The van der Waals surface area contributed by atoms with E-state index in [1.165, 1.54) is 21.5 Å². The van der Waals surface area contributed by atoms with Crippen LogP contribution in [0.15, 0.2) is 180 Å². The maximum Gasteiger partial charge on any atom is 0.0974 e. The Kier molecular flexibility index (Phi) is 7.68. The van der Waals surface area contributed by atoms with E-state index in [0.29, 0.717) is 6.42 Å². The van der Waals surface area contributed by atoms with Crippen molar-refractivity contribution >= 4 is 55.5 Å². The third-order valence-electron chi connectivity index (χ3n) is 9.25. The van der Waals surface area contributed by atoms with Crippen molar-refractivity contribution in [2.75, 3.05) is 0 Å². The minimum absolute atomic E-state index is 0.693. The zero-order valence-electron chi connectivity index (χ0n) is 26.9. The summed E-state index contributed by atoms with van der Waals surface area (Å²) < 4.78 is 0. The van der Waals surface area contributed by atoms with E-state index in [1.807, 2.05) is 6.07 Å². The fourth-order valence-corrected chi connectivity index (χ4v) is 6.64. The van der Waals surface area contributed by atoms with Crippen molar-refractivity contribution in [3.8, 4) is 0 Å². The van der Waals surface area contributed by atoms with Crippen molar-refractivity contribution in [2.45, 2.75) is 13.3 Å². The van der Waals surface area contributed by atoms with Gasteiger partial charge < -0.3 is 0 Å². The first-order chi connectivity index (χ1) is 23.6. The second kappa shape index (κ2) is 12.6. The van der Waals surface area contributed by atoms with Gasteiger partial charge in [0.1, 0.15) is 0 Å². The van der Waals surface area contributed by atoms with E-state index >= 15 is 0 Å². The average Bonchev–Trinajstić information content (AvgIpc) is 3.35. The van der Waals surface area contributed by atoms with Crippen LogP contribution in [0.4, 0.5) is 11.4 Å². The largest absolute Gasteiger partial charge is 0.250 e. The molecule has 0 saturated carbocycles. The van der Waals surface area contributed by atoms with Crippen molar-refractivity contribution in [1.82, 2.24) is 0 Å². The van der Waals surface area contributed by atoms with E-state index in [-0.39, 0.29) is 0 Å². The molecule has 0 fully saturated rings. The first-order valence-electron chi connectivity index (χ1n) is 16.4. The maximum atomic E-state index is 5.54. The summed E-state index contributed by atoms with van der Waals surface area (Å²) in [5, 5.41) is 4.82. The van der Waals surface area contributed by atoms with Crippen molar-refractivity contribution in [2.24, 2.45) is 9.98 Å². The molecule has 2 heteroatoms. The molecule has 0 atom stereocenters. The van der Waals surface area contributed by atoms with Crippen molar-refractivity contribution < 1.29 is 0 Å². The highest BCUT2D eigenvalue weighted by molar-refractivity contribution is 6.11. The molecule has 0 amide bonds.